The number of carbonyl (C=O) groups is 3. The van der Waals surface area contributed by atoms with Gasteiger partial charge < -0.3 is 9.47 Å². The van der Waals surface area contributed by atoms with E-state index in [1.165, 1.54) is 12.0 Å². The summed E-state index contributed by atoms with van der Waals surface area (Å²) < 4.78 is 10.7. The van der Waals surface area contributed by atoms with Gasteiger partial charge in [-0.05, 0) is 61.4 Å². The highest BCUT2D eigenvalue weighted by atomic mass is 16.5. The molecule has 148 valence electrons. The minimum atomic E-state index is -0.573. The molecule has 1 saturated heterocycles. The third-order valence-corrected chi connectivity index (χ3v) is 6.54. The standard InChI is InChI=1S/C23H21NO5/c1-28-16-6-4-5-15(12-16)23(27)29-18-8-3-2-7-17(18)24-21(25)19-13-9-10-14(11-13)20(19)22(24)26/h2-8,12-14,19-20H,9-11H2,1H3/t13-,14-,19-,20+/m0/s1. The fourth-order valence-electron chi connectivity index (χ4n) is 5.28. The molecule has 4 atom stereocenters. The largest absolute Gasteiger partial charge is 0.497 e. The minimum absolute atomic E-state index is 0.155. The number of carbonyl (C=O) groups excluding carboxylic acids is 3. The van der Waals surface area contributed by atoms with Crippen molar-refractivity contribution in [2.24, 2.45) is 23.7 Å². The van der Waals surface area contributed by atoms with Gasteiger partial charge in [0.05, 0.1) is 30.2 Å². The maximum Gasteiger partial charge on any atom is 0.343 e. The highest BCUT2D eigenvalue weighted by molar-refractivity contribution is 6.23. The van der Waals surface area contributed by atoms with Crippen molar-refractivity contribution in [2.45, 2.75) is 19.3 Å². The van der Waals surface area contributed by atoms with Gasteiger partial charge in [-0.15, -0.1) is 0 Å². The number of para-hydroxylation sites is 2. The van der Waals surface area contributed by atoms with Gasteiger partial charge in [-0.2, -0.15) is 0 Å². The Balaban J connectivity index is 1.45. The van der Waals surface area contributed by atoms with Crippen molar-refractivity contribution >= 4 is 23.5 Å². The number of nitrogens with zero attached hydrogens (tertiary/aromatic N) is 1. The SMILES string of the molecule is COc1cccc(C(=O)Oc2ccccc2N2C(=O)[C@@H]3[C@H]4CC[C@@H](C4)[C@@H]3C2=O)c1. The molecule has 2 bridgehead atoms. The summed E-state index contributed by atoms with van der Waals surface area (Å²) in [6, 6.07) is 13.4. The van der Waals surface area contributed by atoms with Crippen LogP contribution in [0.3, 0.4) is 0 Å². The normalized spacial score (nSPS) is 27.3. The number of hydrogen-bond donors (Lipinski definition) is 0. The van der Waals surface area contributed by atoms with Crippen molar-refractivity contribution in [3.05, 3.63) is 54.1 Å². The van der Waals surface area contributed by atoms with Gasteiger partial charge in [0, 0.05) is 0 Å². The highest BCUT2D eigenvalue weighted by Gasteiger charge is 2.61. The molecule has 0 spiro atoms. The number of benzene rings is 2. The molecule has 6 heteroatoms. The fraction of sp³-hybridized carbons (Fsp3) is 0.348. The number of hydrogen-bond acceptors (Lipinski definition) is 5. The Morgan fingerprint density at radius 3 is 2.34 bits per heavy atom. The topological polar surface area (TPSA) is 72.9 Å². The molecule has 2 aliphatic carbocycles. The molecule has 6 nitrogen and oxygen atoms in total. The maximum atomic E-state index is 13.1. The summed E-state index contributed by atoms with van der Waals surface area (Å²) in [7, 11) is 1.52. The average molecular weight is 391 g/mol. The molecule has 3 fully saturated rings. The average Bonchev–Trinajstić information content (AvgIpc) is 3.42. The predicted octanol–water partition coefficient (Wildman–Crippen LogP) is 3.45. The monoisotopic (exact) mass is 391 g/mol. The van der Waals surface area contributed by atoms with Gasteiger partial charge in [0.25, 0.3) is 0 Å². The zero-order valence-corrected chi connectivity index (χ0v) is 16.0. The Morgan fingerprint density at radius 2 is 1.66 bits per heavy atom. The Morgan fingerprint density at radius 1 is 0.966 bits per heavy atom. The second-order valence-corrected chi connectivity index (χ2v) is 7.99. The highest BCUT2D eigenvalue weighted by Crippen LogP contribution is 2.57. The van der Waals surface area contributed by atoms with Gasteiger partial charge in [-0.3, -0.25) is 9.59 Å². The van der Waals surface area contributed by atoms with Gasteiger partial charge in [0.1, 0.15) is 5.75 Å². The smallest absolute Gasteiger partial charge is 0.343 e. The van der Waals surface area contributed by atoms with Crippen molar-refractivity contribution in [3.63, 3.8) is 0 Å². The first-order valence-corrected chi connectivity index (χ1v) is 9.91. The van der Waals surface area contributed by atoms with Crippen LogP contribution in [0.4, 0.5) is 5.69 Å². The van der Waals surface area contributed by atoms with Gasteiger partial charge >= 0.3 is 5.97 Å². The molecule has 2 aromatic carbocycles. The second kappa shape index (κ2) is 6.72. The zero-order valence-electron chi connectivity index (χ0n) is 16.0. The van der Waals surface area contributed by atoms with E-state index in [0.29, 0.717) is 28.8 Å². The lowest BCUT2D eigenvalue weighted by Gasteiger charge is -2.20. The summed E-state index contributed by atoms with van der Waals surface area (Å²) in [5.41, 5.74) is 0.667. The van der Waals surface area contributed by atoms with Crippen LogP contribution < -0.4 is 14.4 Å². The molecule has 2 aromatic rings. The molecule has 1 aliphatic heterocycles. The number of anilines is 1. The van der Waals surface area contributed by atoms with Crippen LogP contribution in [0.15, 0.2) is 48.5 Å². The minimum Gasteiger partial charge on any atom is -0.497 e. The first kappa shape index (κ1) is 17.9. The molecule has 0 N–H and O–H groups in total. The van der Waals surface area contributed by atoms with Crippen LogP contribution in [0.5, 0.6) is 11.5 Å². The molecular weight excluding hydrogens is 370 g/mol. The van der Waals surface area contributed by atoms with Crippen molar-refractivity contribution < 1.29 is 23.9 Å². The van der Waals surface area contributed by atoms with Crippen LogP contribution in [-0.4, -0.2) is 24.9 Å². The summed E-state index contributed by atoms with van der Waals surface area (Å²) >= 11 is 0. The van der Waals surface area contributed by atoms with E-state index in [9.17, 15) is 14.4 Å². The van der Waals surface area contributed by atoms with Crippen LogP contribution in [0.1, 0.15) is 29.6 Å². The first-order valence-electron chi connectivity index (χ1n) is 9.91. The lowest BCUT2D eigenvalue weighted by molar-refractivity contribution is -0.123. The van der Waals surface area contributed by atoms with Gasteiger partial charge in [0.15, 0.2) is 5.75 Å². The maximum absolute atomic E-state index is 13.1. The molecule has 0 aromatic heterocycles. The van der Waals surface area contributed by atoms with Crippen LogP contribution in [0.2, 0.25) is 0 Å². The third kappa shape index (κ3) is 2.74. The number of methoxy groups -OCH3 is 1. The summed E-state index contributed by atoms with van der Waals surface area (Å²) in [5, 5.41) is 0. The van der Waals surface area contributed by atoms with E-state index in [-0.39, 0.29) is 29.4 Å². The van der Waals surface area contributed by atoms with Crippen molar-refractivity contribution in [1.82, 2.24) is 0 Å². The number of ether oxygens (including phenoxy) is 2. The molecule has 2 amide bonds. The van der Waals surface area contributed by atoms with Crippen LogP contribution in [-0.2, 0) is 9.59 Å². The lowest BCUT2D eigenvalue weighted by Crippen LogP contribution is -2.33. The lowest BCUT2D eigenvalue weighted by atomic mass is 9.81. The van der Waals surface area contributed by atoms with E-state index in [1.54, 1.807) is 48.5 Å². The van der Waals surface area contributed by atoms with Gasteiger partial charge in [0.2, 0.25) is 11.8 Å². The molecular formula is C23H21NO5. The third-order valence-electron chi connectivity index (χ3n) is 6.54. The number of esters is 1. The Labute approximate surface area is 168 Å². The number of fused-ring (bicyclic) bond motifs is 5. The van der Waals surface area contributed by atoms with Crippen LogP contribution in [0, 0.1) is 23.7 Å². The van der Waals surface area contributed by atoms with E-state index < -0.39 is 5.97 Å². The van der Waals surface area contributed by atoms with Crippen molar-refractivity contribution in [2.75, 3.05) is 12.0 Å². The van der Waals surface area contributed by atoms with Crippen LogP contribution in [0.25, 0.3) is 0 Å². The molecule has 0 radical (unpaired) electrons. The quantitative estimate of drug-likeness (QED) is 0.453. The Kier molecular flexibility index (Phi) is 4.15. The van der Waals surface area contributed by atoms with E-state index >= 15 is 0 Å². The van der Waals surface area contributed by atoms with E-state index in [0.717, 1.165) is 19.3 Å². The first-order chi connectivity index (χ1) is 14.1. The summed E-state index contributed by atoms with van der Waals surface area (Å²) in [5.74, 6) is 0.0304. The molecule has 2 saturated carbocycles. The fourth-order valence-corrected chi connectivity index (χ4v) is 5.28. The molecule has 29 heavy (non-hydrogen) atoms. The Hall–Kier alpha value is -3.15. The summed E-state index contributed by atoms with van der Waals surface area (Å²) in [6.07, 6.45) is 3.02. The molecule has 1 heterocycles. The number of imide groups is 1. The van der Waals surface area contributed by atoms with Crippen molar-refractivity contribution in [3.8, 4) is 11.5 Å². The molecule has 3 aliphatic rings. The predicted molar refractivity (Wildman–Crippen MR) is 105 cm³/mol. The number of amides is 2. The Bertz CT molecular complexity index is 988. The van der Waals surface area contributed by atoms with E-state index in [4.69, 9.17) is 9.47 Å². The van der Waals surface area contributed by atoms with Gasteiger partial charge in [-0.1, -0.05) is 18.2 Å². The van der Waals surface area contributed by atoms with E-state index in [2.05, 4.69) is 0 Å². The van der Waals surface area contributed by atoms with Crippen molar-refractivity contribution in [1.29, 1.82) is 0 Å². The molecule has 5 rings (SSSR count). The summed E-state index contributed by atoms with van der Waals surface area (Å²) in [4.78, 5) is 40.2. The molecule has 0 unspecified atom stereocenters. The summed E-state index contributed by atoms with van der Waals surface area (Å²) in [6.45, 7) is 0. The van der Waals surface area contributed by atoms with E-state index in [1.807, 2.05) is 0 Å². The second-order valence-electron chi connectivity index (χ2n) is 7.99. The zero-order chi connectivity index (χ0) is 20.1. The number of rotatable bonds is 4. The van der Waals surface area contributed by atoms with Crippen LogP contribution >= 0.6 is 0 Å². The van der Waals surface area contributed by atoms with Gasteiger partial charge in [-0.25, -0.2) is 9.69 Å².